The van der Waals surface area contributed by atoms with Crippen LogP contribution in [0.4, 0.5) is 0 Å². The molecule has 0 aliphatic rings. The third-order valence-electron chi connectivity index (χ3n) is 4.09. The molecule has 1 unspecified atom stereocenters. The van der Waals surface area contributed by atoms with Gasteiger partial charge in [-0.15, -0.1) is 0 Å². The van der Waals surface area contributed by atoms with Gasteiger partial charge in [0, 0.05) is 12.8 Å². The summed E-state index contributed by atoms with van der Waals surface area (Å²) in [6, 6.07) is 6.54. The molecule has 0 saturated heterocycles. The molecular weight excluding hydrogens is 260 g/mol. The topological polar surface area (TPSA) is 26.3 Å². The van der Waals surface area contributed by atoms with Gasteiger partial charge < -0.3 is 4.74 Å². The molecule has 0 saturated carbocycles. The van der Waals surface area contributed by atoms with E-state index in [1.165, 1.54) is 11.1 Å². The van der Waals surface area contributed by atoms with Crippen LogP contribution in [0.15, 0.2) is 18.2 Å². The standard InChI is InChI=1S/C19H30O2/c1-6-15(9-11-17(20)7-2)16-10-12-19(21-8-3)18(13-16)14(4)5/h10,12-15H,6-9,11H2,1-5H3. The fourth-order valence-electron chi connectivity index (χ4n) is 2.68. The molecule has 21 heavy (non-hydrogen) atoms. The zero-order valence-electron chi connectivity index (χ0n) is 14.2. The Morgan fingerprint density at radius 1 is 1.19 bits per heavy atom. The second-order valence-electron chi connectivity index (χ2n) is 5.92. The molecule has 2 nitrogen and oxygen atoms in total. The number of hydrogen-bond donors (Lipinski definition) is 0. The quantitative estimate of drug-likeness (QED) is 0.603. The highest BCUT2D eigenvalue weighted by molar-refractivity contribution is 5.78. The lowest BCUT2D eigenvalue weighted by molar-refractivity contribution is -0.118. The van der Waals surface area contributed by atoms with Gasteiger partial charge in [-0.05, 0) is 48.8 Å². The predicted octanol–water partition coefficient (Wildman–Crippen LogP) is 5.46. The van der Waals surface area contributed by atoms with E-state index in [4.69, 9.17) is 4.74 Å². The minimum atomic E-state index is 0.364. The van der Waals surface area contributed by atoms with Gasteiger partial charge in [-0.2, -0.15) is 0 Å². The fraction of sp³-hybridized carbons (Fsp3) is 0.632. The van der Waals surface area contributed by atoms with Crippen molar-refractivity contribution in [1.29, 1.82) is 0 Å². The van der Waals surface area contributed by atoms with Gasteiger partial charge in [0.25, 0.3) is 0 Å². The molecule has 0 fully saturated rings. The number of hydrogen-bond acceptors (Lipinski definition) is 2. The Morgan fingerprint density at radius 3 is 2.43 bits per heavy atom. The Hall–Kier alpha value is -1.31. The predicted molar refractivity (Wildman–Crippen MR) is 89.3 cm³/mol. The Bertz CT molecular complexity index is 449. The van der Waals surface area contributed by atoms with Gasteiger partial charge in [0.15, 0.2) is 0 Å². The Balaban J connectivity index is 2.94. The van der Waals surface area contributed by atoms with E-state index < -0.39 is 0 Å². The molecule has 0 amide bonds. The van der Waals surface area contributed by atoms with Crippen molar-refractivity contribution in [3.05, 3.63) is 29.3 Å². The molecular formula is C19H30O2. The van der Waals surface area contributed by atoms with Crippen molar-refractivity contribution in [2.75, 3.05) is 6.61 Å². The van der Waals surface area contributed by atoms with Crippen LogP contribution in [0.25, 0.3) is 0 Å². The minimum Gasteiger partial charge on any atom is -0.494 e. The van der Waals surface area contributed by atoms with Gasteiger partial charge in [-0.3, -0.25) is 4.79 Å². The van der Waals surface area contributed by atoms with E-state index in [0.717, 1.165) is 18.6 Å². The van der Waals surface area contributed by atoms with Crippen molar-refractivity contribution in [3.63, 3.8) is 0 Å². The van der Waals surface area contributed by atoms with Crippen LogP contribution in [0.3, 0.4) is 0 Å². The molecule has 0 radical (unpaired) electrons. The zero-order chi connectivity index (χ0) is 15.8. The normalized spacial score (nSPS) is 12.5. The van der Waals surface area contributed by atoms with Crippen LogP contribution in [0.1, 0.15) is 83.3 Å². The first-order valence-electron chi connectivity index (χ1n) is 8.31. The van der Waals surface area contributed by atoms with Crippen LogP contribution >= 0.6 is 0 Å². The van der Waals surface area contributed by atoms with E-state index in [1.807, 2.05) is 13.8 Å². The average molecular weight is 290 g/mol. The van der Waals surface area contributed by atoms with Crippen LogP contribution < -0.4 is 4.74 Å². The molecule has 1 aromatic rings. The van der Waals surface area contributed by atoms with Gasteiger partial charge in [0.2, 0.25) is 0 Å². The van der Waals surface area contributed by atoms with Gasteiger partial charge in [0.05, 0.1) is 6.61 Å². The summed E-state index contributed by atoms with van der Waals surface area (Å²) in [5, 5.41) is 0. The fourth-order valence-corrected chi connectivity index (χ4v) is 2.68. The second-order valence-corrected chi connectivity index (χ2v) is 5.92. The maximum absolute atomic E-state index is 11.6. The lowest BCUT2D eigenvalue weighted by Gasteiger charge is -2.19. The van der Waals surface area contributed by atoms with Crippen LogP contribution in [0.2, 0.25) is 0 Å². The number of rotatable bonds is 9. The maximum atomic E-state index is 11.6. The van der Waals surface area contributed by atoms with Crippen LogP contribution in [0.5, 0.6) is 5.75 Å². The monoisotopic (exact) mass is 290 g/mol. The molecule has 0 heterocycles. The molecule has 0 aliphatic heterocycles. The average Bonchev–Trinajstić information content (AvgIpc) is 2.48. The van der Waals surface area contributed by atoms with E-state index in [9.17, 15) is 4.79 Å². The van der Waals surface area contributed by atoms with Gasteiger partial charge in [-0.25, -0.2) is 0 Å². The molecule has 0 aliphatic carbocycles. The van der Waals surface area contributed by atoms with Crippen molar-refractivity contribution < 1.29 is 9.53 Å². The summed E-state index contributed by atoms with van der Waals surface area (Å²) in [6.45, 7) is 11.3. The molecule has 0 aromatic heterocycles. The number of carbonyl (C=O) groups excluding carboxylic acids is 1. The van der Waals surface area contributed by atoms with Crippen molar-refractivity contribution in [3.8, 4) is 5.75 Å². The molecule has 0 N–H and O–H groups in total. The van der Waals surface area contributed by atoms with E-state index in [0.29, 0.717) is 37.1 Å². The lowest BCUT2D eigenvalue weighted by atomic mass is 9.88. The molecule has 118 valence electrons. The van der Waals surface area contributed by atoms with E-state index in [-0.39, 0.29) is 0 Å². The first-order chi connectivity index (χ1) is 10.0. The Morgan fingerprint density at radius 2 is 1.90 bits per heavy atom. The summed E-state index contributed by atoms with van der Waals surface area (Å²) >= 11 is 0. The van der Waals surface area contributed by atoms with Gasteiger partial charge >= 0.3 is 0 Å². The first kappa shape index (κ1) is 17.7. The van der Waals surface area contributed by atoms with Gasteiger partial charge in [-0.1, -0.05) is 39.8 Å². The number of ketones is 1. The van der Waals surface area contributed by atoms with Gasteiger partial charge in [0.1, 0.15) is 11.5 Å². The molecule has 1 atom stereocenters. The lowest BCUT2D eigenvalue weighted by Crippen LogP contribution is -2.05. The number of carbonyl (C=O) groups is 1. The molecule has 1 aromatic carbocycles. The Kier molecular flexibility index (Phi) is 7.49. The maximum Gasteiger partial charge on any atom is 0.132 e. The summed E-state index contributed by atoms with van der Waals surface area (Å²) in [6.07, 6.45) is 3.37. The highest BCUT2D eigenvalue weighted by atomic mass is 16.5. The third kappa shape index (κ3) is 5.18. The van der Waals surface area contributed by atoms with E-state index in [1.54, 1.807) is 0 Å². The van der Waals surface area contributed by atoms with Crippen LogP contribution in [-0.4, -0.2) is 12.4 Å². The van der Waals surface area contributed by atoms with Crippen molar-refractivity contribution in [2.45, 2.75) is 72.1 Å². The highest BCUT2D eigenvalue weighted by Crippen LogP contribution is 2.33. The van der Waals surface area contributed by atoms with Crippen molar-refractivity contribution in [1.82, 2.24) is 0 Å². The number of ether oxygens (including phenoxy) is 1. The van der Waals surface area contributed by atoms with E-state index >= 15 is 0 Å². The van der Waals surface area contributed by atoms with E-state index in [2.05, 4.69) is 39.0 Å². The summed E-state index contributed by atoms with van der Waals surface area (Å²) in [5.41, 5.74) is 2.61. The van der Waals surface area contributed by atoms with Crippen molar-refractivity contribution in [2.24, 2.45) is 0 Å². The summed E-state index contributed by atoms with van der Waals surface area (Å²) in [5.74, 6) is 2.27. The third-order valence-corrected chi connectivity index (χ3v) is 4.09. The summed E-state index contributed by atoms with van der Waals surface area (Å²) in [7, 11) is 0. The zero-order valence-corrected chi connectivity index (χ0v) is 14.2. The number of Topliss-reactive ketones (excluding diaryl/α,β-unsaturated/α-hetero) is 1. The largest absolute Gasteiger partial charge is 0.494 e. The van der Waals surface area contributed by atoms with Crippen molar-refractivity contribution >= 4 is 5.78 Å². The van der Waals surface area contributed by atoms with Crippen LogP contribution in [-0.2, 0) is 4.79 Å². The Labute approximate surface area is 129 Å². The summed E-state index contributed by atoms with van der Waals surface area (Å²) < 4.78 is 5.73. The minimum absolute atomic E-state index is 0.364. The molecule has 1 rings (SSSR count). The second kappa shape index (κ2) is 8.86. The molecule has 2 heteroatoms. The van der Waals surface area contributed by atoms with Crippen LogP contribution in [0, 0.1) is 0 Å². The number of benzene rings is 1. The molecule has 0 bridgehead atoms. The highest BCUT2D eigenvalue weighted by Gasteiger charge is 2.15. The molecule has 0 spiro atoms. The first-order valence-corrected chi connectivity index (χ1v) is 8.31. The SMILES string of the molecule is CCOc1ccc(C(CC)CCC(=O)CC)cc1C(C)C. The summed E-state index contributed by atoms with van der Waals surface area (Å²) in [4.78, 5) is 11.6. The smallest absolute Gasteiger partial charge is 0.132 e.